The fourth-order valence-electron chi connectivity index (χ4n) is 0. The predicted molar refractivity (Wildman–Crippen MR) is 11.1 cm³/mol. The van der Waals surface area contributed by atoms with Crippen LogP contribution in [0.4, 0.5) is 13.2 Å². The van der Waals surface area contributed by atoms with E-state index < -0.39 is 10.3 Å². The second-order valence-corrected chi connectivity index (χ2v) is 1.78. The van der Waals surface area contributed by atoms with Gasteiger partial charge in [-0.15, -0.1) is 0 Å². The Bertz CT molecular complexity index is 85.4. The molecule has 7 heavy (non-hydrogen) atoms. The van der Waals surface area contributed by atoms with Crippen molar-refractivity contribution in [3.63, 3.8) is 0 Å². The minimum absolute atomic E-state index is 0.671. The fourth-order valence-corrected chi connectivity index (χ4v) is 0. The zero-order chi connectivity index (χ0) is 6.08. The van der Waals surface area contributed by atoms with Crippen LogP contribution < -0.4 is 0 Å². The van der Waals surface area contributed by atoms with Crippen molar-refractivity contribution in [3.05, 3.63) is 0 Å². The van der Waals surface area contributed by atoms with Gasteiger partial charge in [-0.1, -0.05) is 0 Å². The Kier molecular flexibility index (Phi) is 1.99. The molecule has 0 amide bonds. The van der Waals surface area contributed by atoms with Crippen LogP contribution in [0.5, 0.6) is 0 Å². The second kappa shape index (κ2) is 1.95. The standard InChI is InChI=1S/C2F3O.Pt/c3-2(4,5)1-6;. The van der Waals surface area contributed by atoms with Gasteiger partial charge in [0, 0.05) is 0 Å². The van der Waals surface area contributed by atoms with Gasteiger partial charge in [-0.3, -0.25) is 0 Å². The average Bonchev–Trinajstić information content (AvgIpc) is 1.31. The van der Waals surface area contributed by atoms with Gasteiger partial charge >= 0.3 is 48.1 Å². The molecule has 0 atom stereocenters. The van der Waals surface area contributed by atoms with Gasteiger partial charge in [-0.2, -0.15) is 0 Å². The Balaban J connectivity index is 3.79. The van der Waals surface area contributed by atoms with E-state index in [4.69, 9.17) is 0 Å². The van der Waals surface area contributed by atoms with Crippen LogP contribution in [0.1, 0.15) is 0 Å². The summed E-state index contributed by atoms with van der Waals surface area (Å²) in [4.78, 5) is 9.33. The third kappa shape index (κ3) is 2.80. The zero-order valence-electron chi connectivity index (χ0n) is 2.86. The van der Waals surface area contributed by atoms with Crippen molar-refractivity contribution in [2.24, 2.45) is 0 Å². The van der Waals surface area contributed by atoms with Crippen LogP contribution in [-0.2, 0) is 24.6 Å². The van der Waals surface area contributed by atoms with E-state index in [1.807, 2.05) is 0 Å². The molecule has 0 saturated carbocycles. The Hall–Kier alpha value is 0.148. The third-order valence-corrected chi connectivity index (χ3v) is 0.849. The molecule has 1 nitrogen and oxygen atoms in total. The number of halogens is 3. The number of rotatable bonds is 0. The van der Waals surface area contributed by atoms with Crippen LogP contribution in [0.2, 0.25) is 0 Å². The number of hydrogen-bond donors (Lipinski definition) is 0. The van der Waals surface area contributed by atoms with Crippen molar-refractivity contribution >= 4 is 4.17 Å². The summed E-state index contributed by atoms with van der Waals surface area (Å²) in [6.07, 6.45) is -4.65. The summed E-state index contributed by atoms with van der Waals surface area (Å²) in [5.41, 5.74) is 0. The molecule has 0 aliphatic heterocycles. The zero-order valence-corrected chi connectivity index (χ0v) is 5.13. The molecule has 0 N–H and O–H groups in total. The van der Waals surface area contributed by atoms with Gasteiger partial charge in [0.2, 0.25) is 0 Å². The first-order chi connectivity index (χ1) is 2.94. The Morgan fingerprint density at radius 1 is 1.43 bits per heavy atom. The van der Waals surface area contributed by atoms with Gasteiger partial charge in [0.1, 0.15) is 0 Å². The Morgan fingerprint density at radius 2 is 1.57 bits per heavy atom. The quantitative estimate of drug-likeness (QED) is 0.640. The summed E-state index contributed by atoms with van der Waals surface area (Å²) < 4.78 is 30.7. The molecule has 0 saturated heterocycles. The molecule has 0 aromatic heterocycles. The first-order valence-electron chi connectivity index (χ1n) is 1.18. The molecule has 0 aliphatic rings. The normalized spacial score (nSPS) is 11.6. The van der Waals surface area contributed by atoms with Gasteiger partial charge in [-0.05, 0) is 0 Å². The Labute approximate surface area is 48.8 Å². The van der Waals surface area contributed by atoms with Crippen LogP contribution in [0, 0.1) is 0 Å². The van der Waals surface area contributed by atoms with Crippen molar-refractivity contribution < 1.29 is 37.8 Å². The number of hydrogen-bond acceptors (Lipinski definition) is 1. The van der Waals surface area contributed by atoms with Gasteiger partial charge in [-0.25, -0.2) is 0 Å². The number of carbonyl (C=O) groups excluding carboxylic acids is 1. The van der Waals surface area contributed by atoms with E-state index in [0.29, 0.717) is 19.8 Å². The van der Waals surface area contributed by atoms with Crippen LogP contribution >= 0.6 is 0 Å². The molecule has 0 aromatic rings. The maximum absolute atomic E-state index is 10.8. The van der Waals surface area contributed by atoms with E-state index in [2.05, 4.69) is 0 Å². The SMILES string of the molecule is O=[C]([Pt])C(F)(F)F. The van der Waals surface area contributed by atoms with Crippen molar-refractivity contribution in [3.8, 4) is 0 Å². The number of alkyl halides is 3. The third-order valence-electron chi connectivity index (χ3n) is 0.205. The van der Waals surface area contributed by atoms with Gasteiger partial charge < -0.3 is 0 Å². The summed E-state index contributed by atoms with van der Waals surface area (Å²) in [5.74, 6) is 0. The summed E-state index contributed by atoms with van der Waals surface area (Å²) in [6.45, 7) is 0. The molecule has 0 bridgehead atoms. The maximum atomic E-state index is 10.8. The molecule has 0 fully saturated rings. The second-order valence-electron chi connectivity index (χ2n) is 0.743. The van der Waals surface area contributed by atoms with Gasteiger partial charge in [0.25, 0.3) is 0 Å². The van der Waals surface area contributed by atoms with Gasteiger partial charge in [0.05, 0.1) is 0 Å². The summed E-state index contributed by atoms with van der Waals surface area (Å²) >= 11 is 0.671. The monoisotopic (exact) mass is 292 g/mol. The predicted octanol–water partition coefficient (Wildman–Crippen LogP) is 0.622. The molecule has 0 heterocycles. The van der Waals surface area contributed by atoms with E-state index in [1.165, 1.54) is 0 Å². The van der Waals surface area contributed by atoms with Crippen LogP contribution in [0.25, 0.3) is 0 Å². The minimum atomic E-state index is -4.65. The molecule has 5 heteroatoms. The van der Waals surface area contributed by atoms with Crippen LogP contribution in [-0.4, -0.2) is 10.3 Å². The number of carbonyl (C=O) groups is 1. The molecular formula is C2F3OPt. The van der Waals surface area contributed by atoms with E-state index in [0.717, 1.165) is 0 Å². The van der Waals surface area contributed by atoms with E-state index >= 15 is 0 Å². The van der Waals surface area contributed by atoms with Crippen LogP contribution in [0.3, 0.4) is 0 Å². The molecule has 0 aromatic carbocycles. The molecular weight excluding hydrogens is 292 g/mol. The summed E-state index contributed by atoms with van der Waals surface area (Å²) in [7, 11) is 0. The first-order valence-corrected chi connectivity index (χ1v) is 2.32. The van der Waals surface area contributed by atoms with Crippen molar-refractivity contribution in [1.82, 2.24) is 0 Å². The van der Waals surface area contributed by atoms with E-state index in [9.17, 15) is 18.0 Å². The summed E-state index contributed by atoms with van der Waals surface area (Å²) in [6, 6.07) is 0. The molecule has 0 radical (unpaired) electrons. The van der Waals surface area contributed by atoms with Crippen LogP contribution in [0.15, 0.2) is 0 Å². The first kappa shape index (κ1) is 7.15. The molecule has 0 aliphatic carbocycles. The van der Waals surface area contributed by atoms with E-state index in [1.54, 1.807) is 0 Å². The Morgan fingerprint density at radius 3 is 1.57 bits per heavy atom. The molecule has 0 unspecified atom stereocenters. The van der Waals surface area contributed by atoms with E-state index in [-0.39, 0.29) is 0 Å². The topological polar surface area (TPSA) is 17.1 Å². The summed E-state index contributed by atoms with van der Waals surface area (Å²) in [5, 5.41) is 0. The molecule has 0 rings (SSSR count). The van der Waals surface area contributed by atoms with Crippen molar-refractivity contribution in [2.45, 2.75) is 6.18 Å². The fraction of sp³-hybridized carbons (Fsp3) is 0.500. The van der Waals surface area contributed by atoms with Crippen molar-refractivity contribution in [1.29, 1.82) is 0 Å². The average molecular weight is 292 g/mol. The molecule has 0 spiro atoms. The van der Waals surface area contributed by atoms with Gasteiger partial charge in [0.15, 0.2) is 0 Å². The van der Waals surface area contributed by atoms with Crippen molar-refractivity contribution in [2.75, 3.05) is 0 Å². The molecule has 45 valence electrons.